The van der Waals surface area contributed by atoms with E-state index in [1.54, 1.807) is 5.54 Å². The Morgan fingerprint density at radius 3 is 2.33 bits per heavy atom. The number of ether oxygens (including phenoxy) is 1. The van der Waals surface area contributed by atoms with E-state index in [4.69, 9.17) is 16.3 Å². The molecule has 0 aromatic rings. The lowest BCUT2D eigenvalue weighted by molar-refractivity contribution is 0.103. The Labute approximate surface area is 41.6 Å². The lowest BCUT2D eigenvalue weighted by Gasteiger charge is -2.14. The van der Waals surface area contributed by atoms with Crippen LogP contribution < -0.4 is 0 Å². The second-order valence-corrected chi connectivity index (χ2v) is 1.48. The van der Waals surface area contributed by atoms with Crippen LogP contribution in [0.4, 0.5) is 0 Å². The molecule has 0 atom stereocenters. The van der Waals surface area contributed by atoms with E-state index < -0.39 is 0 Å². The molecule has 1 heterocycles. The van der Waals surface area contributed by atoms with Crippen molar-refractivity contribution in [2.75, 3.05) is 13.2 Å². The zero-order valence-corrected chi connectivity index (χ0v) is 4.03. The highest BCUT2D eigenvalue weighted by Crippen LogP contribution is 2.07. The average Bonchev–Trinajstić information content (AvgIpc) is 1.31. The molecule has 0 bridgehead atoms. The summed E-state index contributed by atoms with van der Waals surface area (Å²) >= 11 is 5.26. The van der Waals surface area contributed by atoms with Crippen LogP contribution in [0, 0.1) is 0 Å². The third kappa shape index (κ3) is 0.559. The van der Waals surface area contributed by atoms with Crippen molar-refractivity contribution in [3.8, 4) is 0 Å². The SMILES string of the molecule is ClC=C1COC1. The highest BCUT2D eigenvalue weighted by molar-refractivity contribution is 6.25. The van der Waals surface area contributed by atoms with Crippen LogP contribution in [-0.2, 0) is 4.74 Å². The van der Waals surface area contributed by atoms with Gasteiger partial charge in [-0.25, -0.2) is 0 Å². The standard InChI is InChI=1S/C4H5ClO/c5-1-4-2-6-3-4/h1H,2-3H2. The van der Waals surface area contributed by atoms with E-state index >= 15 is 0 Å². The molecule has 1 saturated heterocycles. The monoisotopic (exact) mass is 104 g/mol. The summed E-state index contributed by atoms with van der Waals surface area (Å²) in [6.45, 7) is 1.48. The van der Waals surface area contributed by atoms with Crippen LogP contribution in [0.5, 0.6) is 0 Å². The van der Waals surface area contributed by atoms with Crippen molar-refractivity contribution in [1.82, 2.24) is 0 Å². The van der Waals surface area contributed by atoms with Gasteiger partial charge in [0.2, 0.25) is 0 Å². The fourth-order valence-electron chi connectivity index (χ4n) is 0.283. The first kappa shape index (κ1) is 4.16. The van der Waals surface area contributed by atoms with E-state index in [1.165, 1.54) is 5.57 Å². The molecule has 1 aliphatic rings. The first-order valence-corrected chi connectivity index (χ1v) is 2.23. The van der Waals surface area contributed by atoms with Crippen molar-refractivity contribution in [2.45, 2.75) is 0 Å². The maximum Gasteiger partial charge on any atom is 0.0715 e. The Kier molecular flexibility index (Phi) is 1.13. The number of halogens is 1. The van der Waals surface area contributed by atoms with Crippen molar-refractivity contribution in [1.29, 1.82) is 0 Å². The molecule has 0 aromatic carbocycles. The number of hydrogen-bond acceptors (Lipinski definition) is 1. The van der Waals surface area contributed by atoms with Gasteiger partial charge < -0.3 is 4.74 Å². The predicted octanol–water partition coefficient (Wildman–Crippen LogP) is 1.14. The van der Waals surface area contributed by atoms with Gasteiger partial charge in [0.15, 0.2) is 0 Å². The molecule has 0 radical (unpaired) electrons. The maximum absolute atomic E-state index is 5.26. The van der Waals surface area contributed by atoms with Gasteiger partial charge in [0, 0.05) is 5.54 Å². The van der Waals surface area contributed by atoms with E-state index in [9.17, 15) is 0 Å². The molecule has 0 spiro atoms. The molecule has 1 rings (SSSR count). The van der Waals surface area contributed by atoms with Crippen LogP contribution in [0.2, 0.25) is 0 Å². The molecule has 0 aromatic heterocycles. The topological polar surface area (TPSA) is 9.23 Å². The maximum atomic E-state index is 5.26. The van der Waals surface area contributed by atoms with E-state index in [0.717, 1.165) is 13.2 Å². The van der Waals surface area contributed by atoms with Crippen LogP contribution in [0.1, 0.15) is 0 Å². The zero-order chi connectivity index (χ0) is 4.41. The Morgan fingerprint density at radius 2 is 2.33 bits per heavy atom. The normalized spacial score (nSPS) is 19.8. The average molecular weight is 105 g/mol. The number of rotatable bonds is 0. The number of hydrogen-bond donors (Lipinski definition) is 0. The van der Waals surface area contributed by atoms with E-state index in [2.05, 4.69) is 0 Å². The van der Waals surface area contributed by atoms with Crippen molar-refractivity contribution in [3.63, 3.8) is 0 Å². The second-order valence-electron chi connectivity index (χ2n) is 1.26. The predicted molar refractivity (Wildman–Crippen MR) is 24.8 cm³/mol. The van der Waals surface area contributed by atoms with Gasteiger partial charge in [-0.05, 0) is 5.57 Å². The summed E-state index contributed by atoms with van der Waals surface area (Å²) in [6, 6.07) is 0. The summed E-state index contributed by atoms with van der Waals surface area (Å²) in [4.78, 5) is 0. The van der Waals surface area contributed by atoms with Crippen LogP contribution in [0.3, 0.4) is 0 Å². The van der Waals surface area contributed by atoms with Gasteiger partial charge in [0.25, 0.3) is 0 Å². The molecule has 0 saturated carbocycles. The van der Waals surface area contributed by atoms with Crippen LogP contribution >= 0.6 is 11.6 Å². The third-order valence-corrected chi connectivity index (χ3v) is 1.04. The highest BCUT2D eigenvalue weighted by atomic mass is 35.5. The molecular weight excluding hydrogens is 99.5 g/mol. The highest BCUT2D eigenvalue weighted by Gasteiger charge is 2.05. The summed E-state index contributed by atoms with van der Waals surface area (Å²) in [5, 5.41) is 0. The second kappa shape index (κ2) is 1.63. The molecular formula is C4H5ClO. The van der Waals surface area contributed by atoms with Gasteiger partial charge >= 0.3 is 0 Å². The third-order valence-electron chi connectivity index (χ3n) is 0.729. The zero-order valence-electron chi connectivity index (χ0n) is 3.28. The molecule has 0 amide bonds. The Bertz CT molecular complexity index is 71.6. The fraction of sp³-hybridized carbons (Fsp3) is 0.500. The summed E-state index contributed by atoms with van der Waals surface area (Å²) in [5.41, 5.74) is 2.76. The Balaban J connectivity index is 2.34. The minimum atomic E-state index is 0.740. The van der Waals surface area contributed by atoms with Crippen LogP contribution in [-0.4, -0.2) is 13.2 Å². The summed E-state index contributed by atoms with van der Waals surface area (Å²) < 4.78 is 4.77. The quantitative estimate of drug-likeness (QED) is 0.448. The molecule has 0 unspecified atom stereocenters. The minimum Gasteiger partial charge on any atom is -0.373 e. The molecule has 1 aliphatic heterocycles. The lowest BCUT2D eigenvalue weighted by atomic mass is 10.3. The van der Waals surface area contributed by atoms with Gasteiger partial charge in [0.05, 0.1) is 13.2 Å². The van der Waals surface area contributed by atoms with Gasteiger partial charge in [-0.2, -0.15) is 0 Å². The van der Waals surface area contributed by atoms with Crippen molar-refractivity contribution < 1.29 is 4.74 Å². The van der Waals surface area contributed by atoms with Gasteiger partial charge in [-0.1, -0.05) is 11.6 Å². The summed E-state index contributed by atoms with van der Waals surface area (Å²) in [5.74, 6) is 0. The Morgan fingerprint density at radius 1 is 1.67 bits per heavy atom. The van der Waals surface area contributed by atoms with Crippen molar-refractivity contribution in [3.05, 3.63) is 11.1 Å². The molecule has 6 heavy (non-hydrogen) atoms. The smallest absolute Gasteiger partial charge is 0.0715 e. The summed E-state index contributed by atoms with van der Waals surface area (Å²) in [6.07, 6.45) is 0. The largest absolute Gasteiger partial charge is 0.373 e. The first-order valence-electron chi connectivity index (χ1n) is 1.79. The van der Waals surface area contributed by atoms with Gasteiger partial charge in [-0.15, -0.1) is 0 Å². The van der Waals surface area contributed by atoms with Gasteiger partial charge in [0.1, 0.15) is 0 Å². The van der Waals surface area contributed by atoms with E-state index in [-0.39, 0.29) is 0 Å². The van der Waals surface area contributed by atoms with Crippen molar-refractivity contribution in [2.24, 2.45) is 0 Å². The van der Waals surface area contributed by atoms with Crippen molar-refractivity contribution >= 4 is 11.6 Å². The molecule has 0 N–H and O–H groups in total. The Hall–Kier alpha value is -0.0100. The molecule has 1 fully saturated rings. The van der Waals surface area contributed by atoms with Crippen LogP contribution in [0.15, 0.2) is 11.1 Å². The van der Waals surface area contributed by atoms with E-state index in [1.807, 2.05) is 0 Å². The first-order chi connectivity index (χ1) is 2.93. The minimum absolute atomic E-state index is 0.740. The molecule has 0 aliphatic carbocycles. The molecule has 34 valence electrons. The fourth-order valence-corrected chi connectivity index (χ4v) is 0.409. The van der Waals surface area contributed by atoms with E-state index in [0.29, 0.717) is 0 Å². The van der Waals surface area contributed by atoms with Crippen LogP contribution in [0.25, 0.3) is 0 Å². The molecule has 1 nitrogen and oxygen atoms in total. The molecule has 2 heteroatoms. The van der Waals surface area contributed by atoms with Gasteiger partial charge in [-0.3, -0.25) is 0 Å². The summed E-state index contributed by atoms with van der Waals surface area (Å²) in [7, 11) is 0. The lowest BCUT2D eigenvalue weighted by Crippen LogP contribution is -2.14.